The highest BCUT2D eigenvalue weighted by Crippen LogP contribution is 2.39. The minimum absolute atomic E-state index is 0.0616. The molecular weight excluding hydrogens is 425 g/mol. The zero-order chi connectivity index (χ0) is 23.0. The number of benzene rings is 2. The van der Waals surface area contributed by atoms with Crippen molar-refractivity contribution in [3.8, 4) is 11.1 Å². The van der Waals surface area contributed by atoms with E-state index in [1.165, 1.54) is 0 Å². The molecule has 0 saturated heterocycles. The third kappa shape index (κ3) is 7.07. The summed E-state index contributed by atoms with van der Waals surface area (Å²) in [4.78, 5) is 28.8. The van der Waals surface area contributed by atoms with Gasteiger partial charge in [0.15, 0.2) is 0 Å². The summed E-state index contributed by atoms with van der Waals surface area (Å²) in [6.07, 6.45) is 3.98. The average Bonchev–Trinajstić information content (AvgIpc) is 2.75. The van der Waals surface area contributed by atoms with Crippen molar-refractivity contribution in [2.75, 3.05) is 6.61 Å². The highest BCUT2D eigenvalue weighted by molar-refractivity contribution is 7.45. The Morgan fingerprint density at radius 3 is 2.50 bits per heavy atom. The zero-order valence-corrected chi connectivity index (χ0v) is 19.4. The predicted molar refractivity (Wildman–Crippen MR) is 124 cm³/mol. The number of phosphoric acid groups is 1. The normalized spacial score (nSPS) is 13.4. The molecule has 170 valence electrons. The Labute approximate surface area is 189 Å². The second-order valence-electron chi connectivity index (χ2n) is 7.99. The molecule has 0 amide bonds. The van der Waals surface area contributed by atoms with Gasteiger partial charge in [-0.05, 0) is 37.6 Å². The van der Waals surface area contributed by atoms with E-state index in [1.54, 1.807) is 13.8 Å². The van der Waals surface area contributed by atoms with Gasteiger partial charge in [-0.2, -0.15) is 0 Å². The van der Waals surface area contributed by atoms with Crippen LogP contribution in [0.15, 0.2) is 60.8 Å². The SMILES string of the molecule is CC(C)OP(=O)([O-])OCCCCCC(=O)Cc1ncc2ccccc2c1-c1ccccc1. The van der Waals surface area contributed by atoms with Crippen LogP contribution in [0.1, 0.15) is 45.2 Å². The standard InChI is InChI=1S/C25H30NO5P/c1-19(2)31-32(28,29)30-16-10-4-7-14-22(27)17-24-25(20-11-5-3-6-12-20)23-15-9-8-13-21(23)18-26-24/h3,5-6,8-9,11-13,15,18-19H,4,7,10,14,16-17H2,1-2H3,(H,28,29)/p-1. The Morgan fingerprint density at radius 1 is 1.03 bits per heavy atom. The Morgan fingerprint density at radius 2 is 1.75 bits per heavy atom. The second kappa shape index (κ2) is 11.5. The molecule has 3 aromatic rings. The Bertz CT molecular complexity index is 1080. The van der Waals surface area contributed by atoms with Crippen LogP contribution in [0.5, 0.6) is 0 Å². The zero-order valence-electron chi connectivity index (χ0n) is 18.5. The van der Waals surface area contributed by atoms with Crippen molar-refractivity contribution in [2.45, 2.75) is 52.1 Å². The molecule has 1 aromatic heterocycles. The van der Waals surface area contributed by atoms with Gasteiger partial charge in [-0.25, -0.2) is 0 Å². The van der Waals surface area contributed by atoms with E-state index < -0.39 is 13.9 Å². The first kappa shape index (κ1) is 24.3. The molecule has 0 aliphatic heterocycles. The lowest BCUT2D eigenvalue weighted by atomic mass is 9.94. The summed E-state index contributed by atoms with van der Waals surface area (Å²) < 4.78 is 21.1. The van der Waals surface area contributed by atoms with Gasteiger partial charge in [-0.1, -0.05) is 61.0 Å². The minimum atomic E-state index is -4.24. The van der Waals surface area contributed by atoms with Crippen molar-refractivity contribution < 1.29 is 23.3 Å². The lowest BCUT2D eigenvalue weighted by molar-refractivity contribution is -0.228. The largest absolute Gasteiger partial charge is 0.756 e. The third-order valence-corrected chi connectivity index (χ3v) is 6.17. The summed E-state index contributed by atoms with van der Waals surface area (Å²) in [5.41, 5.74) is 2.82. The molecule has 0 N–H and O–H groups in total. The van der Waals surface area contributed by atoms with Crippen LogP contribution < -0.4 is 4.89 Å². The fourth-order valence-electron chi connectivity index (χ4n) is 3.61. The van der Waals surface area contributed by atoms with Crippen molar-refractivity contribution in [1.82, 2.24) is 4.98 Å². The number of phosphoric ester groups is 1. The maximum absolute atomic E-state index is 12.7. The molecule has 0 radical (unpaired) electrons. The Kier molecular flexibility index (Phi) is 8.71. The number of unbranched alkanes of at least 4 members (excludes halogenated alkanes) is 2. The molecule has 6 nitrogen and oxygen atoms in total. The van der Waals surface area contributed by atoms with Crippen LogP contribution in [0.4, 0.5) is 0 Å². The van der Waals surface area contributed by atoms with Gasteiger partial charge in [0.1, 0.15) is 5.78 Å². The molecule has 0 aliphatic rings. The molecule has 0 fully saturated rings. The first-order chi connectivity index (χ1) is 15.4. The number of hydrogen-bond acceptors (Lipinski definition) is 6. The Balaban J connectivity index is 1.57. The van der Waals surface area contributed by atoms with Gasteiger partial charge >= 0.3 is 0 Å². The van der Waals surface area contributed by atoms with E-state index in [1.807, 2.05) is 54.7 Å². The van der Waals surface area contributed by atoms with Gasteiger partial charge in [-0.15, -0.1) is 0 Å². The van der Waals surface area contributed by atoms with E-state index in [9.17, 15) is 14.3 Å². The maximum atomic E-state index is 12.7. The fourth-order valence-corrected chi connectivity index (χ4v) is 4.54. The number of carbonyl (C=O) groups is 1. The number of fused-ring (bicyclic) bond motifs is 1. The first-order valence-electron chi connectivity index (χ1n) is 10.9. The summed E-state index contributed by atoms with van der Waals surface area (Å²) in [7, 11) is -4.24. The van der Waals surface area contributed by atoms with Crippen LogP contribution in [0.25, 0.3) is 21.9 Å². The number of Topliss-reactive ketones (excluding diaryl/α,β-unsaturated/α-hetero) is 1. The van der Waals surface area contributed by atoms with Gasteiger partial charge in [-0.3, -0.25) is 14.3 Å². The summed E-state index contributed by atoms with van der Waals surface area (Å²) >= 11 is 0. The summed E-state index contributed by atoms with van der Waals surface area (Å²) in [6, 6.07) is 18.1. The molecule has 3 rings (SSSR count). The van der Waals surface area contributed by atoms with Gasteiger partial charge in [0.2, 0.25) is 0 Å². The number of ketones is 1. The van der Waals surface area contributed by atoms with E-state index in [0.29, 0.717) is 25.7 Å². The number of pyridine rings is 1. The van der Waals surface area contributed by atoms with E-state index in [4.69, 9.17) is 9.05 Å². The maximum Gasteiger partial charge on any atom is 0.268 e. The number of rotatable bonds is 12. The molecule has 1 atom stereocenters. The highest BCUT2D eigenvalue weighted by atomic mass is 31.2. The summed E-state index contributed by atoms with van der Waals surface area (Å²) in [5.74, 6) is 0.114. The van der Waals surface area contributed by atoms with Crippen molar-refractivity contribution >= 4 is 24.4 Å². The van der Waals surface area contributed by atoms with Crippen molar-refractivity contribution in [3.63, 3.8) is 0 Å². The van der Waals surface area contributed by atoms with Gasteiger partial charge in [0.05, 0.1) is 18.4 Å². The van der Waals surface area contributed by atoms with Crippen LogP contribution in [0, 0.1) is 0 Å². The lowest BCUT2D eigenvalue weighted by Crippen LogP contribution is -2.13. The van der Waals surface area contributed by atoms with E-state index in [2.05, 4.69) is 11.1 Å². The molecule has 2 aromatic carbocycles. The van der Waals surface area contributed by atoms with E-state index in [-0.39, 0.29) is 18.8 Å². The predicted octanol–water partition coefficient (Wildman–Crippen LogP) is 5.48. The quantitative estimate of drug-likeness (QED) is 0.266. The van der Waals surface area contributed by atoms with Gasteiger partial charge in [0, 0.05) is 30.0 Å². The molecule has 7 heteroatoms. The average molecular weight is 454 g/mol. The molecule has 0 bridgehead atoms. The summed E-state index contributed by atoms with van der Waals surface area (Å²) in [5, 5.41) is 2.12. The number of carbonyl (C=O) groups excluding carboxylic acids is 1. The molecule has 32 heavy (non-hydrogen) atoms. The van der Waals surface area contributed by atoms with Crippen molar-refractivity contribution in [1.29, 1.82) is 0 Å². The second-order valence-corrected chi connectivity index (χ2v) is 9.36. The minimum Gasteiger partial charge on any atom is -0.756 e. The van der Waals surface area contributed by atoms with Gasteiger partial charge < -0.3 is 13.9 Å². The van der Waals surface area contributed by atoms with Crippen LogP contribution in [0.2, 0.25) is 0 Å². The number of hydrogen-bond donors (Lipinski definition) is 0. The monoisotopic (exact) mass is 454 g/mol. The smallest absolute Gasteiger partial charge is 0.268 e. The van der Waals surface area contributed by atoms with Crippen molar-refractivity contribution in [2.24, 2.45) is 0 Å². The molecule has 1 heterocycles. The van der Waals surface area contributed by atoms with Crippen LogP contribution in [-0.2, 0) is 24.8 Å². The number of nitrogens with zero attached hydrogens (tertiary/aromatic N) is 1. The fraction of sp³-hybridized carbons (Fsp3) is 0.360. The van der Waals surface area contributed by atoms with Crippen LogP contribution >= 0.6 is 7.82 Å². The Hall–Kier alpha value is -2.37. The topological polar surface area (TPSA) is 88.5 Å². The molecule has 1 unspecified atom stereocenters. The van der Waals surface area contributed by atoms with Crippen LogP contribution in [-0.4, -0.2) is 23.5 Å². The molecule has 0 aliphatic carbocycles. The van der Waals surface area contributed by atoms with Crippen molar-refractivity contribution in [3.05, 3.63) is 66.5 Å². The number of aromatic nitrogens is 1. The van der Waals surface area contributed by atoms with Crippen LogP contribution in [0.3, 0.4) is 0 Å². The third-order valence-electron chi connectivity index (χ3n) is 4.99. The van der Waals surface area contributed by atoms with E-state index in [0.717, 1.165) is 27.6 Å². The van der Waals surface area contributed by atoms with Gasteiger partial charge in [0.25, 0.3) is 7.82 Å². The highest BCUT2D eigenvalue weighted by Gasteiger charge is 2.15. The summed E-state index contributed by atoms with van der Waals surface area (Å²) in [6.45, 7) is 3.33. The molecular formula is C25H29NO5P-. The molecule has 0 spiro atoms. The lowest BCUT2D eigenvalue weighted by Gasteiger charge is -2.24. The molecule has 0 saturated carbocycles. The van der Waals surface area contributed by atoms with E-state index >= 15 is 0 Å². The first-order valence-corrected chi connectivity index (χ1v) is 12.4.